The number of rotatable bonds is 6. The average Bonchev–Trinajstić information content (AvgIpc) is 2.63. The molecule has 0 saturated carbocycles. The van der Waals surface area contributed by atoms with E-state index in [4.69, 9.17) is 4.74 Å². The second kappa shape index (κ2) is 7.41. The minimum absolute atomic E-state index is 0.237. The Morgan fingerprint density at radius 1 is 0.739 bits per heavy atom. The van der Waals surface area contributed by atoms with Gasteiger partial charge < -0.3 is 9.53 Å². The zero-order chi connectivity index (χ0) is 15.9. The lowest BCUT2D eigenvalue weighted by Gasteiger charge is -2.12. The van der Waals surface area contributed by atoms with Crippen LogP contribution in [0.5, 0.6) is 5.75 Å². The molecular weight excluding hydrogens is 284 g/mol. The Kier molecular flexibility index (Phi) is 4.85. The molecule has 0 saturated heterocycles. The molecule has 0 fully saturated rings. The molecule has 0 spiro atoms. The van der Waals surface area contributed by atoms with Crippen molar-refractivity contribution in [2.45, 2.75) is 12.5 Å². The molecule has 0 radical (unpaired) electrons. The van der Waals surface area contributed by atoms with Crippen molar-refractivity contribution in [2.75, 3.05) is 0 Å². The SMILES string of the molecule is O=C[C@@H](c1ccccc1)c1ccc(OCc2ccccc2)cc1. The quantitative estimate of drug-likeness (QED) is 0.622. The summed E-state index contributed by atoms with van der Waals surface area (Å²) >= 11 is 0. The summed E-state index contributed by atoms with van der Waals surface area (Å²) in [5.74, 6) is 0.565. The number of aldehydes is 1. The van der Waals surface area contributed by atoms with Gasteiger partial charge in [-0.1, -0.05) is 72.8 Å². The third-order valence-electron chi connectivity index (χ3n) is 3.78. The Balaban J connectivity index is 1.70. The van der Waals surface area contributed by atoms with Gasteiger partial charge in [0.05, 0.1) is 5.92 Å². The van der Waals surface area contributed by atoms with E-state index in [1.165, 1.54) is 0 Å². The number of carbonyl (C=O) groups excluding carboxylic acids is 1. The summed E-state index contributed by atoms with van der Waals surface area (Å²) in [6.07, 6.45) is 0.981. The summed E-state index contributed by atoms with van der Waals surface area (Å²) < 4.78 is 5.78. The van der Waals surface area contributed by atoms with E-state index in [0.717, 1.165) is 28.7 Å². The zero-order valence-electron chi connectivity index (χ0n) is 12.8. The van der Waals surface area contributed by atoms with Crippen LogP contribution in [0.15, 0.2) is 84.9 Å². The van der Waals surface area contributed by atoms with Gasteiger partial charge >= 0.3 is 0 Å². The van der Waals surface area contributed by atoms with Gasteiger partial charge in [0.2, 0.25) is 0 Å². The molecule has 0 aromatic heterocycles. The molecule has 3 rings (SSSR count). The summed E-state index contributed by atoms with van der Waals surface area (Å²) in [5.41, 5.74) is 3.10. The second-order valence-corrected chi connectivity index (χ2v) is 5.37. The Morgan fingerprint density at radius 3 is 1.91 bits per heavy atom. The lowest BCUT2D eigenvalue weighted by Crippen LogP contribution is -2.02. The monoisotopic (exact) mass is 302 g/mol. The third-order valence-corrected chi connectivity index (χ3v) is 3.78. The minimum atomic E-state index is -0.237. The van der Waals surface area contributed by atoms with E-state index in [1.807, 2.05) is 84.9 Å². The number of carbonyl (C=O) groups is 1. The summed E-state index contributed by atoms with van der Waals surface area (Å²) in [6.45, 7) is 0.538. The predicted molar refractivity (Wildman–Crippen MR) is 91.6 cm³/mol. The van der Waals surface area contributed by atoms with E-state index in [9.17, 15) is 4.79 Å². The van der Waals surface area contributed by atoms with Crippen molar-refractivity contribution >= 4 is 6.29 Å². The number of ether oxygens (including phenoxy) is 1. The minimum Gasteiger partial charge on any atom is -0.489 e. The molecular formula is C21H18O2. The van der Waals surface area contributed by atoms with Crippen molar-refractivity contribution in [3.8, 4) is 5.75 Å². The molecule has 0 N–H and O–H groups in total. The summed E-state index contributed by atoms with van der Waals surface area (Å²) in [5, 5.41) is 0. The molecule has 114 valence electrons. The van der Waals surface area contributed by atoms with Gasteiger partial charge in [0.1, 0.15) is 18.6 Å². The van der Waals surface area contributed by atoms with Crippen molar-refractivity contribution in [1.29, 1.82) is 0 Å². The van der Waals surface area contributed by atoms with Gasteiger partial charge in [-0.05, 0) is 28.8 Å². The maximum absolute atomic E-state index is 11.5. The van der Waals surface area contributed by atoms with E-state index < -0.39 is 0 Å². The molecule has 2 heteroatoms. The maximum atomic E-state index is 11.5. The lowest BCUT2D eigenvalue weighted by atomic mass is 9.93. The molecule has 1 atom stereocenters. The Bertz CT molecular complexity index is 734. The highest BCUT2D eigenvalue weighted by Gasteiger charge is 2.12. The van der Waals surface area contributed by atoms with Crippen molar-refractivity contribution in [3.63, 3.8) is 0 Å². The molecule has 3 aromatic rings. The van der Waals surface area contributed by atoms with Gasteiger partial charge in [-0.2, -0.15) is 0 Å². The van der Waals surface area contributed by atoms with Crippen LogP contribution in [0.2, 0.25) is 0 Å². The fourth-order valence-corrected chi connectivity index (χ4v) is 2.52. The first kappa shape index (κ1) is 15.0. The molecule has 0 aliphatic rings. The van der Waals surface area contributed by atoms with Crippen LogP contribution in [0.25, 0.3) is 0 Å². The van der Waals surface area contributed by atoms with Gasteiger partial charge in [0.15, 0.2) is 0 Å². The van der Waals surface area contributed by atoms with E-state index in [-0.39, 0.29) is 5.92 Å². The highest BCUT2D eigenvalue weighted by Crippen LogP contribution is 2.24. The molecule has 2 nitrogen and oxygen atoms in total. The van der Waals surface area contributed by atoms with Gasteiger partial charge in [-0.25, -0.2) is 0 Å². The number of hydrogen-bond donors (Lipinski definition) is 0. The zero-order valence-corrected chi connectivity index (χ0v) is 12.8. The summed E-state index contributed by atoms with van der Waals surface area (Å²) in [6, 6.07) is 27.6. The van der Waals surface area contributed by atoms with Crippen molar-refractivity contribution < 1.29 is 9.53 Å². The second-order valence-electron chi connectivity index (χ2n) is 5.37. The lowest BCUT2D eigenvalue weighted by molar-refractivity contribution is -0.108. The standard InChI is InChI=1S/C21H18O2/c22-15-21(18-9-5-2-6-10-18)19-11-13-20(14-12-19)23-16-17-7-3-1-4-8-17/h1-15,21H,16H2/t21-/m0/s1. The summed E-state index contributed by atoms with van der Waals surface area (Å²) in [7, 11) is 0. The van der Waals surface area contributed by atoms with E-state index in [2.05, 4.69) is 0 Å². The van der Waals surface area contributed by atoms with Crippen LogP contribution in [0.1, 0.15) is 22.6 Å². The molecule has 0 aliphatic heterocycles. The van der Waals surface area contributed by atoms with Crippen LogP contribution in [-0.4, -0.2) is 6.29 Å². The highest BCUT2D eigenvalue weighted by molar-refractivity contribution is 5.68. The normalized spacial score (nSPS) is 11.7. The van der Waals surface area contributed by atoms with E-state index >= 15 is 0 Å². The van der Waals surface area contributed by atoms with Crippen LogP contribution in [0, 0.1) is 0 Å². The molecule has 0 amide bonds. The van der Waals surface area contributed by atoms with Crippen LogP contribution in [0.4, 0.5) is 0 Å². The average molecular weight is 302 g/mol. The fraction of sp³-hybridized carbons (Fsp3) is 0.0952. The number of benzene rings is 3. The van der Waals surface area contributed by atoms with Crippen LogP contribution in [-0.2, 0) is 11.4 Å². The van der Waals surface area contributed by atoms with E-state index in [1.54, 1.807) is 0 Å². The first-order valence-corrected chi connectivity index (χ1v) is 7.64. The maximum Gasteiger partial charge on any atom is 0.131 e. The van der Waals surface area contributed by atoms with Gasteiger partial charge in [-0.3, -0.25) is 0 Å². The van der Waals surface area contributed by atoms with Gasteiger partial charge in [0, 0.05) is 0 Å². The van der Waals surface area contributed by atoms with Crippen molar-refractivity contribution in [3.05, 3.63) is 102 Å². The molecule has 3 aromatic carbocycles. The van der Waals surface area contributed by atoms with Crippen molar-refractivity contribution in [1.82, 2.24) is 0 Å². The first-order chi connectivity index (χ1) is 11.4. The molecule has 0 unspecified atom stereocenters. The predicted octanol–water partition coefficient (Wildman–Crippen LogP) is 4.60. The topological polar surface area (TPSA) is 26.3 Å². The van der Waals surface area contributed by atoms with Crippen LogP contribution < -0.4 is 4.74 Å². The smallest absolute Gasteiger partial charge is 0.131 e. The molecule has 0 heterocycles. The fourth-order valence-electron chi connectivity index (χ4n) is 2.52. The van der Waals surface area contributed by atoms with Gasteiger partial charge in [0.25, 0.3) is 0 Å². The summed E-state index contributed by atoms with van der Waals surface area (Å²) in [4.78, 5) is 11.5. The Hall–Kier alpha value is -2.87. The molecule has 23 heavy (non-hydrogen) atoms. The molecule has 0 aliphatic carbocycles. The number of hydrogen-bond acceptors (Lipinski definition) is 2. The largest absolute Gasteiger partial charge is 0.489 e. The Morgan fingerprint density at radius 2 is 1.30 bits per heavy atom. The van der Waals surface area contributed by atoms with Gasteiger partial charge in [-0.15, -0.1) is 0 Å². The van der Waals surface area contributed by atoms with Crippen LogP contribution in [0.3, 0.4) is 0 Å². The van der Waals surface area contributed by atoms with Crippen molar-refractivity contribution in [2.24, 2.45) is 0 Å². The highest BCUT2D eigenvalue weighted by atomic mass is 16.5. The molecule has 0 bridgehead atoms. The first-order valence-electron chi connectivity index (χ1n) is 7.64. The van der Waals surface area contributed by atoms with E-state index in [0.29, 0.717) is 6.61 Å². The third kappa shape index (κ3) is 3.86. The Labute approximate surface area is 136 Å². The van der Waals surface area contributed by atoms with Crippen LogP contribution >= 0.6 is 0 Å².